The van der Waals surface area contributed by atoms with Crippen molar-refractivity contribution >= 4 is 0 Å². The Morgan fingerprint density at radius 3 is 2.18 bits per heavy atom. The van der Waals surface area contributed by atoms with Crippen LogP contribution in [0.4, 0.5) is 8.78 Å². The van der Waals surface area contributed by atoms with Crippen LogP contribution < -0.4 is 0 Å². The molecule has 2 fully saturated rings. The molecule has 0 radical (unpaired) electrons. The highest BCUT2D eigenvalue weighted by Crippen LogP contribution is 2.37. The highest BCUT2D eigenvalue weighted by atomic mass is 19.2. The lowest BCUT2D eigenvalue weighted by Crippen LogP contribution is -2.14. The number of unbranched alkanes of at least 4 members (excludes halogenated alkanes) is 1. The van der Waals surface area contributed by atoms with E-state index >= 15 is 0 Å². The molecule has 0 aliphatic heterocycles. The molecule has 0 heterocycles. The number of halogens is 2. The van der Waals surface area contributed by atoms with Crippen molar-refractivity contribution in [1.29, 1.82) is 0 Å². The molecule has 0 aromatic heterocycles. The van der Waals surface area contributed by atoms with Crippen LogP contribution in [0.2, 0.25) is 0 Å². The Kier molecular flexibility index (Phi) is 8.55. The molecule has 0 N–H and O–H groups in total. The molecule has 0 saturated heterocycles. The van der Waals surface area contributed by atoms with Crippen molar-refractivity contribution in [2.45, 2.75) is 96.3 Å². The Labute approximate surface area is 170 Å². The third-order valence-electron chi connectivity index (χ3n) is 7.27. The van der Waals surface area contributed by atoms with Crippen LogP contribution in [0, 0.1) is 29.4 Å². The molecule has 3 rings (SSSR count). The first-order chi connectivity index (χ1) is 13.7. The van der Waals surface area contributed by atoms with Gasteiger partial charge in [-0.1, -0.05) is 70.1 Å². The molecule has 28 heavy (non-hydrogen) atoms. The number of hydrogen-bond donors (Lipinski definition) is 0. The molecule has 0 atom stereocenters. The number of allylic oxidation sites excluding steroid dienone is 2. The maximum atomic E-state index is 13.5. The Balaban J connectivity index is 1.32. The van der Waals surface area contributed by atoms with Gasteiger partial charge in [0.25, 0.3) is 0 Å². The van der Waals surface area contributed by atoms with Crippen LogP contribution >= 0.6 is 0 Å². The number of rotatable bonds is 8. The van der Waals surface area contributed by atoms with Gasteiger partial charge in [-0.05, 0) is 79.9 Å². The summed E-state index contributed by atoms with van der Waals surface area (Å²) >= 11 is 0. The van der Waals surface area contributed by atoms with Gasteiger partial charge in [0, 0.05) is 0 Å². The Hall–Kier alpha value is -1.18. The standard InChI is InChI=1S/C26H38F2/c1-2-3-6-20-9-11-21(12-10-20)7-4-5-8-22-13-15-23(16-14-22)24-17-18-25(27)26(28)19-24/h5,8,17-23H,2-4,6-7,9-16H2,1H3/b8-5+. The summed E-state index contributed by atoms with van der Waals surface area (Å²) < 4.78 is 26.6. The Morgan fingerprint density at radius 2 is 1.54 bits per heavy atom. The van der Waals surface area contributed by atoms with Gasteiger partial charge in [0.1, 0.15) is 0 Å². The zero-order chi connectivity index (χ0) is 19.8. The largest absolute Gasteiger partial charge is 0.204 e. The quantitative estimate of drug-likeness (QED) is 0.391. The maximum Gasteiger partial charge on any atom is 0.159 e. The second-order valence-electron chi connectivity index (χ2n) is 9.32. The van der Waals surface area contributed by atoms with Crippen molar-refractivity contribution in [3.8, 4) is 0 Å². The molecule has 1 aromatic rings. The summed E-state index contributed by atoms with van der Waals surface area (Å²) in [4.78, 5) is 0. The lowest BCUT2D eigenvalue weighted by molar-refractivity contribution is 0.250. The smallest absolute Gasteiger partial charge is 0.159 e. The zero-order valence-electron chi connectivity index (χ0n) is 17.6. The van der Waals surface area contributed by atoms with Crippen molar-refractivity contribution in [2.75, 3.05) is 0 Å². The van der Waals surface area contributed by atoms with Crippen molar-refractivity contribution in [3.63, 3.8) is 0 Å². The second kappa shape index (κ2) is 11.1. The van der Waals surface area contributed by atoms with Gasteiger partial charge in [-0.3, -0.25) is 0 Å². The average molecular weight is 389 g/mol. The summed E-state index contributed by atoms with van der Waals surface area (Å²) in [6.07, 6.45) is 22.0. The monoisotopic (exact) mass is 388 g/mol. The van der Waals surface area contributed by atoms with Crippen LogP contribution in [-0.4, -0.2) is 0 Å². The third-order valence-corrected chi connectivity index (χ3v) is 7.27. The van der Waals surface area contributed by atoms with Crippen LogP contribution in [0.1, 0.15) is 102 Å². The molecule has 0 nitrogen and oxygen atoms in total. The van der Waals surface area contributed by atoms with Crippen LogP contribution in [0.25, 0.3) is 0 Å². The fourth-order valence-corrected chi connectivity index (χ4v) is 5.33. The fourth-order valence-electron chi connectivity index (χ4n) is 5.33. The zero-order valence-corrected chi connectivity index (χ0v) is 17.6. The molecular weight excluding hydrogens is 350 g/mol. The van der Waals surface area contributed by atoms with E-state index in [0.717, 1.165) is 30.2 Å². The van der Waals surface area contributed by atoms with Gasteiger partial charge in [-0.25, -0.2) is 8.78 Å². The van der Waals surface area contributed by atoms with E-state index in [0.29, 0.717) is 11.8 Å². The summed E-state index contributed by atoms with van der Waals surface area (Å²) in [5, 5.41) is 0. The van der Waals surface area contributed by atoms with Gasteiger partial charge in [-0.15, -0.1) is 0 Å². The van der Waals surface area contributed by atoms with E-state index in [-0.39, 0.29) is 0 Å². The summed E-state index contributed by atoms with van der Waals surface area (Å²) in [5.74, 6) is 1.57. The summed E-state index contributed by atoms with van der Waals surface area (Å²) in [5.41, 5.74) is 0.968. The molecule has 2 heteroatoms. The SMILES string of the molecule is CCCCC1CCC(CC/C=C/C2CCC(c3ccc(F)c(F)c3)CC2)CC1. The third kappa shape index (κ3) is 6.42. The lowest BCUT2D eigenvalue weighted by atomic mass is 9.77. The van der Waals surface area contributed by atoms with Crippen LogP contribution in [0.3, 0.4) is 0 Å². The first-order valence-electron chi connectivity index (χ1n) is 11.8. The minimum atomic E-state index is -0.741. The van der Waals surface area contributed by atoms with E-state index < -0.39 is 11.6 Å². The molecule has 1 aromatic carbocycles. The molecule has 2 aliphatic rings. The number of benzene rings is 1. The minimum Gasteiger partial charge on any atom is -0.204 e. The summed E-state index contributed by atoms with van der Waals surface area (Å²) in [6.45, 7) is 2.30. The van der Waals surface area contributed by atoms with E-state index in [2.05, 4.69) is 19.1 Å². The van der Waals surface area contributed by atoms with Gasteiger partial charge in [-0.2, -0.15) is 0 Å². The predicted octanol–water partition coefficient (Wildman–Crippen LogP) is 8.57. The summed E-state index contributed by atoms with van der Waals surface area (Å²) in [7, 11) is 0. The first-order valence-corrected chi connectivity index (χ1v) is 11.8. The lowest BCUT2D eigenvalue weighted by Gasteiger charge is -2.28. The van der Waals surface area contributed by atoms with Crippen molar-refractivity contribution in [1.82, 2.24) is 0 Å². The van der Waals surface area contributed by atoms with Gasteiger partial charge < -0.3 is 0 Å². The molecular formula is C26H38F2. The molecule has 0 unspecified atom stereocenters. The van der Waals surface area contributed by atoms with Crippen molar-refractivity contribution < 1.29 is 8.78 Å². The minimum absolute atomic E-state index is 0.391. The van der Waals surface area contributed by atoms with Gasteiger partial charge >= 0.3 is 0 Å². The van der Waals surface area contributed by atoms with Gasteiger partial charge in [0.2, 0.25) is 0 Å². The second-order valence-corrected chi connectivity index (χ2v) is 9.32. The molecule has 2 saturated carbocycles. The average Bonchev–Trinajstić information content (AvgIpc) is 2.73. The van der Waals surface area contributed by atoms with Crippen LogP contribution in [0.5, 0.6) is 0 Å². The first kappa shape index (κ1) is 21.5. The van der Waals surface area contributed by atoms with E-state index in [1.54, 1.807) is 6.07 Å². The van der Waals surface area contributed by atoms with Crippen LogP contribution in [0.15, 0.2) is 30.4 Å². The molecule has 0 amide bonds. The van der Waals surface area contributed by atoms with Gasteiger partial charge in [0.05, 0.1) is 0 Å². The molecule has 156 valence electrons. The Bertz CT molecular complexity index is 605. The maximum absolute atomic E-state index is 13.5. The fraction of sp³-hybridized carbons (Fsp3) is 0.692. The Morgan fingerprint density at radius 1 is 0.857 bits per heavy atom. The summed E-state index contributed by atoms with van der Waals surface area (Å²) in [6, 6.07) is 4.43. The predicted molar refractivity (Wildman–Crippen MR) is 114 cm³/mol. The van der Waals surface area contributed by atoms with Crippen LogP contribution in [-0.2, 0) is 0 Å². The van der Waals surface area contributed by atoms with E-state index in [9.17, 15) is 8.78 Å². The van der Waals surface area contributed by atoms with Gasteiger partial charge in [0.15, 0.2) is 11.6 Å². The highest BCUT2D eigenvalue weighted by molar-refractivity contribution is 5.22. The molecule has 0 bridgehead atoms. The molecule has 2 aliphatic carbocycles. The number of hydrogen-bond acceptors (Lipinski definition) is 0. The highest BCUT2D eigenvalue weighted by Gasteiger charge is 2.22. The van der Waals surface area contributed by atoms with Crippen molar-refractivity contribution in [3.05, 3.63) is 47.5 Å². The van der Waals surface area contributed by atoms with E-state index in [1.807, 2.05) is 0 Å². The topological polar surface area (TPSA) is 0 Å². The van der Waals surface area contributed by atoms with E-state index in [1.165, 1.54) is 82.8 Å². The van der Waals surface area contributed by atoms with Crippen molar-refractivity contribution in [2.24, 2.45) is 17.8 Å². The normalized spacial score (nSPS) is 28.7. The molecule has 0 spiro atoms. The van der Waals surface area contributed by atoms with E-state index in [4.69, 9.17) is 0 Å².